The van der Waals surface area contributed by atoms with E-state index in [1.54, 1.807) is 17.6 Å². The van der Waals surface area contributed by atoms with Gasteiger partial charge in [-0.2, -0.15) is 13.2 Å². The number of nitrogens with one attached hydrogen (secondary N) is 2. The summed E-state index contributed by atoms with van der Waals surface area (Å²) in [5.41, 5.74) is -3.97. The van der Waals surface area contributed by atoms with Crippen LogP contribution in [0.25, 0.3) is 0 Å². The Morgan fingerprint density at radius 1 is 1.09 bits per heavy atom. The number of benzene rings is 1. The van der Waals surface area contributed by atoms with Crippen molar-refractivity contribution in [2.75, 3.05) is 21.3 Å². The van der Waals surface area contributed by atoms with Crippen molar-refractivity contribution in [3.8, 4) is 17.2 Å². The minimum Gasteiger partial charge on any atom is -0.493 e. The molecule has 12 heteroatoms. The van der Waals surface area contributed by atoms with Crippen LogP contribution in [-0.2, 0) is 4.79 Å². The Hall–Kier alpha value is -3.18. The van der Waals surface area contributed by atoms with Crippen molar-refractivity contribution < 1.29 is 41.8 Å². The molecule has 9 nitrogen and oxygen atoms in total. The minimum absolute atomic E-state index is 0.0212. The SMILES string of the molecule is COc1ccc(C(=O)NC2(C(F)(F)F)NC(=O)N(C3CCCC(C)C3C)C2=O)c(OC)c1OC. The highest BCUT2D eigenvalue weighted by Gasteiger charge is 2.70. The van der Waals surface area contributed by atoms with E-state index in [0.29, 0.717) is 17.7 Å². The topological polar surface area (TPSA) is 106 Å². The van der Waals surface area contributed by atoms with Crippen molar-refractivity contribution in [3.63, 3.8) is 0 Å². The number of urea groups is 1. The summed E-state index contributed by atoms with van der Waals surface area (Å²) >= 11 is 0. The Bertz CT molecular complexity index is 985. The van der Waals surface area contributed by atoms with Gasteiger partial charge in [-0.1, -0.05) is 26.7 Å². The number of ether oxygens (including phenoxy) is 3. The van der Waals surface area contributed by atoms with Crippen LogP contribution in [0.1, 0.15) is 43.5 Å². The number of methoxy groups -OCH3 is 3. The Balaban J connectivity index is 2.02. The third-order valence-corrected chi connectivity index (χ3v) is 6.72. The second-order valence-electron chi connectivity index (χ2n) is 8.52. The predicted octanol–water partition coefficient (Wildman–Crippen LogP) is 3.08. The zero-order chi connectivity index (χ0) is 25.4. The quantitative estimate of drug-likeness (QED) is 0.598. The summed E-state index contributed by atoms with van der Waals surface area (Å²) < 4.78 is 58.4. The molecule has 34 heavy (non-hydrogen) atoms. The number of imide groups is 1. The van der Waals surface area contributed by atoms with Crippen molar-refractivity contribution in [1.82, 2.24) is 15.5 Å². The first kappa shape index (κ1) is 25.4. The van der Waals surface area contributed by atoms with E-state index in [-0.39, 0.29) is 34.6 Å². The first-order valence-electron chi connectivity index (χ1n) is 10.8. The molecule has 3 rings (SSSR count). The van der Waals surface area contributed by atoms with Crippen LogP contribution in [-0.4, -0.2) is 62.0 Å². The van der Waals surface area contributed by atoms with Gasteiger partial charge in [0.1, 0.15) is 0 Å². The number of amides is 4. The average Bonchev–Trinajstić information content (AvgIpc) is 3.04. The van der Waals surface area contributed by atoms with Crippen LogP contribution >= 0.6 is 0 Å². The molecule has 2 N–H and O–H groups in total. The van der Waals surface area contributed by atoms with Gasteiger partial charge in [0.2, 0.25) is 5.75 Å². The highest BCUT2D eigenvalue weighted by atomic mass is 19.4. The molecule has 0 aromatic heterocycles. The highest BCUT2D eigenvalue weighted by Crippen LogP contribution is 2.42. The molecule has 1 heterocycles. The maximum atomic E-state index is 14.3. The number of alkyl halides is 3. The van der Waals surface area contributed by atoms with Gasteiger partial charge in [0.05, 0.1) is 26.9 Å². The Morgan fingerprint density at radius 2 is 1.74 bits per heavy atom. The molecule has 0 radical (unpaired) electrons. The molecular weight excluding hydrogens is 459 g/mol. The summed E-state index contributed by atoms with van der Waals surface area (Å²) in [5, 5.41) is 3.44. The summed E-state index contributed by atoms with van der Waals surface area (Å²) in [6, 6.07) is 0.563. The van der Waals surface area contributed by atoms with E-state index in [9.17, 15) is 27.6 Å². The van der Waals surface area contributed by atoms with Gasteiger partial charge in [0, 0.05) is 6.04 Å². The monoisotopic (exact) mass is 487 g/mol. The van der Waals surface area contributed by atoms with Gasteiger partial charge in [0.15, 0.2) is 11.5 Å². The van der Waals surface area contributed by atoms with Crippen LogP contribution < -0.4 is 24.8 Å². The van der Waals surface area contributed by atoms with Gasteiger partial charge in [-0.3, -0.25) is 19.8 Å². The smallest absolute Gasteiger partial charge is 0.440 e. The minimum atomic E-state index is -5.32. The van der Waals surface area contributed by atoms with E-state index in [2.05, 4.69) is 0 Å². The molecule has 1 aliphatic heterocycles. The predicted molar refractivity (Wildman–Crippen MR) is 114 cm³/mol. The first-order chi connectivity index (χ1) is 15.9. The van der Waals surface area contributed by atoms with E-state index in [0.717, 1.165) is 6.42 Å². The molecule has 1 saturated carbocycles. The fraction of sp³-hybridized carbons (Fsp3) is 0.591. The van der Waals surface area contributed by atoms with E-state index >= 15 is 0 Å². The van der Waals surface area contributed by atoms with Crippen LogP contribution in [0.3, 0.4) is 0 Å². The van der Waals surface area contributed by atoms with Crippen LogP contribution in [0.2, 0.25) is 0 Å². The fourth-order valence-electron chi connectivity index (χ4n) is 4.63. The molecule has 2 aliphatic rings. The Labute approximate surface area is 194 Å². The number of halogens is 3. The maximum Gasteiger partial charge on any atom is 0.440 e. The van der Waals surface area contributed by atoms with Gasteiger partial charge < -0.3 is 19.5 Å². The molecule has 0 spiro atoms. The van der Waals surface area contributed by atoms with Crippen LogP contribution in [0.5, 0.6) is 17.2 Å². The van der Waals surface area contributed by atoms with Gasteiger partial charge in [0.25, 0.3) is 17.5 Å². The van der Waals surface area contributed by atoms with Crippen molar-refractivity contribution in [2.24, 2.45) is 11.8 Å². The molecule has 1 aromatic carbocycles. The zero-order valence-corrected chi connectivity index (χ0v) is 19.5. The Kier molecular flexibility index (Phi) is 6.90. The molecule has 1 aliphatic carbocycles. The van der Waals surface area contributed by atoms with E-state index < -0.39 is 35.7 Å². The summed E-state index contributed by atoms with van der Waals surface area (Å²) in [6.45, 7) is 3.73. The largest absolute Gasteiger partial charge is 0.493 e. The number of rotatable bonds is 6. The first-order valence-corrected chi connectivity index (χ1v) is 10.8. The number of hydrogen-bond acceptors (Lipinski definition) is 6. The molecule has 188 valence electrons. The van der Waals surface area contributed by atoms with Gasteiger partial charge >= 0.3 is 12.2 Å². The molecule has 4 amide bonds. The molecule has 4 unspecified atom stereocenters. The van der Waals surface area contributed by atoms with E-state index in [1.807, 2.05) is 6.92 Å². The average molecular weight is 487 g/mol. The summed E-state index contributed by atoms with van der Waals surface area (Å²) in [4.78, 5) is 39.6. The third kappa shape index (κ3) is 3.98. The van der Waals surface area contributed by atoms with Crippen LogP contribution in [0, 0.1) is 11.8 Å². The van der Waals surface area contributed by atoms with Gasteiger partial charge in [-0.15, -0.1) is 0 Å². The number of carbonyl (C=O) groups excluding carboxylic acids is 3. The van der Waals surface area contributed by atoms with Crippen molar-refractivity contribution in [1.29, 1.82) is 0 Å². The molecule has 1 aromatic rings. The lowest BCUT2D eigenvalue weighted by Crippen LogP contribution is -2.69. The lowest BCUT2D eigenvalue weighted by atomic mass is 9.77. The highest BCUT2D eigenvalue weighted by molar-refractivity contribution is 6.11. The van der Waals surface area contributed by atoms with Crippen LogP contribution in [0.15, 0.2) is 12.1 Å². The summed E-state index contributed by atoms with van der Waals surface area (Å²) in [7, 11) is 3.80. The molecule has 1 saturated heterocycles. The second kappa shape index (κ2) is 9.22. The normalized spacial score (nSPS) is 27.3. The fourth-order valence-corrected chi connectivity index (χ4v) is 4.63. The van der Waals surface area contributed by atoms with Crippen molar-refractivity contribution in [3.05, 3.63) is 17.7 Å². The van der Waals surface area contributed by atoms with Crippen molar-refractivity contribution >= 4 is 17.8 Å². The van der Waals surface area contributed by atoms with Crippen molar-refractivity contribution in [2.45, 2.75) is 51.0 Å². The lowest BCUT2D eigenvalue weighted by Gasteiger charge is -2.38. The number of nitrogens with zero attached hydrogens (tertiary/aromatic N) is 1. The van der Waals surface area contributed by atoms with Gasteiger partial charge in [-0.25, -0.2) is 4.79 Å². The standard InChI is InChI=1S/C22H28F3N3O6/c1-11-7-6-8-14(12(11)2)28-19(30)21(22(23,24)25,27-20(28)31)26-18(29)13-9-10-15(32-3)17(34-5)16(13)33-4/h9-12,14H,6-8H2,1-5H3,(H,26,29)(H,27,31). The number of carbonyl (C=O) groups is 3. The Morgan fingerprint density at radius 3 is 2.29 bits per heavy atom. The van der Waals surface area contributed by atoms with E-state index in [1.165, 1.54) is 33.5 Å². The summed E-state index contributed by atoms with van der Waals surface area (Å²) in [5.74, 6) is -2.98. The molecule has 0 bridgehead atoms. The zero-order valence-electron chi connectivity index (χ0n) is 19.5. The second-order valence-corrected chi connectivity index (χ2v) is 8.52. The molecular formula is C22H28F3N3O6. The summed E-state index contributed by atoms with van der Waals surface area (Å²) in [6.07, 6.45) is -3.42. The number of hydrogen-bond donors (Lipinski definition) is 2. The van der Waals surface area contributed by atoms with Gasteiger partial charge in [-0.05, 0) is 30.4 Å². The van der Waals surface area contributed by atoms with E-state index in [4.69, 9.17) is 14.2 Å². The third-order valence-electron chi connectivity index (χ3n) is 6.72. The molecule has 4 atom stereocenters. The molecule has 2 fully saturated rings. The maximum absolute atomic E-state index is 14.3. The van der Waals surface area contributed by atoms with Crippen LogP contribution in [0.4, 0.5) is 18.0 Å². The lowest BCUT2D eigenvalue weighted by molar-refractivity contribution is -0.201.